The van der Waals surface area contributed by atoms with E-state index >= 15 is 0 Å². The van der Waals surface area contributed by atoms with E-state index in [2.05, 4.69) is 5.32 Å². The van der Waals surface area contributed by atoms with E-state index in [-0.39, 0.29) is 15.2 Å². The van der Waals surface area contributed by atoms with Crippen molar-refractivity contribution in [1.29, 1.82) is 0 Å². The Morgan fingerprint density at radius 1 is 1.09 bits per heavy atom. The van der Waals surface area contributed by atoms with Gasteiger partial charge in [0.2, 0.25) is 0 Å². The van der Waals surface area contributed by atoms with Crippen molar-refractivity contribution >= 4 is 87.1 Å². The zero-order valence-corrected chi connectivity index (χ0v) is 22.9. The number of nitrogens with zero attached hydrogens (tertiary/aromatic N) is 3. The number of thiocarbonyl (C=S) groups is 1. The van der Waals surface area contributed by atoms with Gasteiger partial charge in [-0.1, -0.05) is 46.4 Å². The highest BCUT2D eigenvalue weighted by atomic mass is 35.5. The van der Waals surface area contributed by atoms with Gasteiger partial charge in [0.25, 0.3) is 0 Å². The van der Waals surface area contributed by atoms with Crippen LogP contribution in [0.3, 0.4) is 0 Å². The Balaban J connectivity index is 2.06. The molecule has 1 heterocycles. The molecule has 0 spiro atoms. The maximum Gasteiger partial charge on any atom is 0.347 e. The largest absolute Gasteiger partial charge is 0.467 e. The lowest BCUT2D eigenvalue weighted by atomic mass is 9.98. The number of carbonyl (C=O) groups is 2. The predicted octanol–water partition coefficient (Wildman–Crippen LogP) is 6.30. The minimum absolute atomic E-state index is 0.165. The molecule has 0 saturated carbocycles. The number of anilines is 2. The number of nitrogens with one attached hydrogen (secondary N) is 1. The van der Waals surface area contributed by atoms with Crippen molar-refractivity contribution in [2.75, 3.05) is 17.3 Å². The Morgan fingerprint density at radius 3 is 2.20 bits per heavy atom. The Morgan fingerprint density at radius 2 is 1.66 bits per heavy atom. The average molecular weight is 580 g/mol. The van der Waals surface area contributed by atoms with Gasteiger partial charge in [-0.3, -0.25) is 10.1 Å². The van der Waals surface area contributed by atoms with Gasteiger partial charge in [-0.05, 0) is 69.4 Å². The van der Waals surface area contributed by atoms with Crippen LogP contribution in [0.1, 0.15) is 20.8 Å². The first-order chi connectivity index (χ1) is 16.3. The molecule has 1 aliphatic heterocycles. The number of rotatable bonds is 5. The highest BCUT2D eigenvalue weighted by Gasteiger charge is 2.56. The molecule has 35 heavy (non-hydrogen) atoms. The molecule has 8 nitrogen and oxygen atoms in total. The fraction of sp³-hybridized carbons (Fsp3) is 0.318. The monoisotopic (exact) mass is 578 g/mol. The standard InChI is InChI=1S/C22H22Cl4N4O4S/c1-11(18(31)34-4)29-21(35)28(13-6-8-15(24)17(26)10-13)19(22(29,2)3)30(33)20(32)27-12-5-7-14(23)16(25)9-12/h5-11,19,33H,1-4H3,(H,27,32)/t11-,19+/m1/s1. The summed E-state index contributed by atoms with van der Waals surface area (Å²) < 4.78 is 4.91. The molecule has 1 saturated heterocycles. The number of hydroxylamine groups is 2. The normalized spacial score (nSPS) is 17.9. The molecule has 0 radical (unpaired) electrons. The third kappa shape index (κ3) is 5.26. The van der Waals surface area contributed by atoms with E-state index in [1.807, 2.05) is 0 Å². The highest BCUT2D eigenvalue weighted by molar-refractivity contribution is 7.80. The van der Waals surface area contributed by atoms with Crippen molar-refractivity contribution in [3.63, 3.8) is 0 Å². The van der Waals surface area contributed by atoms with Crippen molar-refractivity contribution < 1.29 is 19.5 Å². The molecule has 0 unspecified atom stereocenters. The first-order valence-corrected chi connectivity index (χ1v) is 12.1. The number of hydrogen-bond acceptors (Lipinski definition) is 5. The molecule has 2 aromatic carbocycles. The number of amides is 2. The average Bonchev–Trinajstić information content (AvgIpc) is 3.01. The third-order valence-corrected chi connectivity index (χ3v) is 7.50. The zero-order chi connectivity index (χ0) is 26.2. The summed E-state index contributed by atoms with van der Waals surface area (Å²) in [5.74, 6) is -0.542. The topological polar surface area (TPSA) is 85.3 Å². The lowest BCUT2D eigenvalue weighted by Gasteiger charge is -2.40. The van der Waals surface area contributed by atoms with E-state index in [0.717, 1.165) is 0 Å². The van der Waals surface area contributed by atoms with Crippen molar-refractivity contribution in [2.45, 2.75) is 38.5 Å². The molecule has 1 fully saturated rings. The molecule has 13 heteroatoms. The quantitative estimate of drug-likeness (QED) is 0.186. The van der Waals surface area contributed by atoms with Gasteiger partial charge in [0.1, 0.15) is 6.04 Å². The Kier molecular flexibility index (Phi) is 8.30. The van der Waals surface area contributed by atoms with Crippen LogP contribution in [0, 0.1) is 0 Å². The Labute approximate surface area is 228 Å². The van der Waals surface area contributed by atoms with Gasteiger partial charge in [-0.2, -0.15) is 5.06 Å². The number of carbonyl (C=O) groups excluding carboxylic acids is 2. The lowest BCUT2D eigenvalue weighted by molar-refractivity contribution is -0.148. The summed E-state index contributed by atoms with van der Waals surface area (Å²) in [6.07, 6.45) is -1.10. The molecule has 1 aliphatic rings. The fourth-order valence-corrected chi connectivity index (χ4v) is 5.20. The van der Waals surface area contributed by atoms with Crippen LogP contribution < -0.4 is 10.2 Å². The summed E-state index contributed by atoms with van der Waals surface area (Å²) in [6.45, 7) is 5.08. The van der Waals surface area contributed by atoms with Crippen LogP contribution in [0.5, 0.6) is 0 Å². The van der Waals surface area contributed by atoms with Gasteiger partial charge in [-0.25, -0.2) is 9.59 Å². The van der Waals surface area contributed by atoms with Crippen LogP contribution in [0.15, 0.2) is 36.4 Å². The minimum Gasteiger partial charge on any atom is -0.467 e. The molecule has 2 atom stereocenters. The van der Waals surface area contributed by atoms with Crippen LogP contribution in [-0.2, 0) is 9.53 Å². The molecule has 0 aliphatic carbocycles. The molecular weight excluding hydrogens is 558 g/mol. The molecule has 2 aromatic rings. The maximum atomic E-state index is 13.1. The fourth-order valence-electron chi connectivity index (χ4n) is 4.01. The van der Waals surface area contributed by atoms with Crippen LogP contribution >= 0.6 is 58.6 Å². The molecule has 0 aromatic heterocycles. The van der Waals surface area contributed by atoms with Crippen LogP contribution in [0.2, 0.25) is 20.1 Å². The predicted molar refractivity (Wildman–Crippen MR) is 142 cm³/mol. The third-order valence-electron chi connectivity index (χ3n) is 5.63. The highest BCUT2D eigenvalue weighted by Crippen LogP contribution is 2.41. The lowest BCUT2D eigenvalue weighted by Crippen LogP contribution is -2.59. The number of urea groups is 1. The Hall–Kier alpha value is -2.01. The number of hydrogen-bond donors (Lipinski definition) is 2. The summed E-state index contributed by atoms with van der Waals surface area (Å²) in [5, 5.41) is 15.5. The van der Waals surface area contributed by atoms with E-state index in [0.29, 0.717) is 26.5 Å². The van der Waals surface area contributed by atoms with Crippen LogP contribution in [-0.4, -0.2) is 57.1 Å². The van der Waals surface area contributed by atoms with Crippen molar-refractivity contribution in [1.82, 2.24) is 9.96 Å². The van der Waals surface area contributed by atoms with E-state index in [9.17, 15) is 14.8 Å². The van der Waals surface area contributed by atoms with Crippen LogP contribution in [0.25, 0.3) is 0 Å². The number of ether oxygens (including phenoxy) is 1. The van der Waals surface area contributed by atoms with E-state index in [1.54, 1.807) is 43.9 Å². The summed E-state index contributed by atoms with van der Waals surface area (Å²) in [5.41, 5.74) is -0.327. The molecular formula is C22H22Cl4N4O4S. The Bertz CT molecular complexity index is 1180. The summed E-state index contributed by atoms with van der Waals surface area (Å²) in [6, 6.07) is 7.55. The molecule has 2 amide bonds. The second-order valence-electron chi connectivity index (χ2n) is 8.25. The number of benzene rings is 2. The molecule has 188 valence electrons. The number of esters is 1. The van der Waals surface area contributed by atoms with Gasteiger partial charge in [-0.15, -0.1) is 0 Å². The van der Waals surface area contributed by atoms with Gasteiger partial charge < -0.3 is 15.0 Å². The van der Waals surface area contributed by atoms with Gasteiger partial charge >= 0.3 is 12.0 Å². The van der Waals surface area contributed by atoms with Gasteiger partial charge in [0.15, 0.2) is 11.3 Å². The van der Waals surface area contributed by atoms with Crippen molar-refractivity contribution in [3.05, 3.63) is 56.5 Å². The molecule has 0 bridgehead atoms. The van der Waals surface area contributed by atoms with Gasteiger partial charge in [0, 0.05) is 11.4 Å². The summed E-state index contributed by atoms with van der Waals surface area (Å²) in [7, 11) is 1.27. The zero-order valence-electron chi connectivity index (χ0n) is 19.1. The van der Waals surface area contributed by atoms with Gasteiger partial charge in [0.05, 0.1) is 32.7 Å². The first-order valence-electron chi connectivity index (χ1n) is 10.2. The SMILES string of the molecule is COC(=O)[C@@H](C)N1C(=S)N(c2ccc(Cl)c(Cl)c2)[C@@H](N(O)C(=O)Nc2ccc(Cl)c(Cl)c2)C1(C)C. The summed E-state index contributed by atoms with van der Waals surface area (Å²) >= 11 is 30.0. The van der Waals surface area contributed by atoms with E-state index in [4.69, 9.17) is 63.4 Å². The van der Waals surface area contributed by atoms with E-state index in [1.165, 1.54) is 30.2 Å². The number of halogens is 4. The van der Waals surface area contributed by atoms with Crippen molar-refractivity contribution in [2.24, 2.45) is 0 Å². The van der Waals surface area contributed by atoms with E-state index < -0.39 is 29.7 Å². The first kappa shape index (κ1) is 27.6. The van der Waals surface area contributed by atoms with Crippen molar-refractivity contribution in [3.8, 4) is 0 Å². The maximum absolute atomic E-state index is 13.1. The smallest absolute Gasteiger partial charge is 0.347 e. The van der Waals surface area contributed by atoms with Crippen LogP contribution in [0.4, 0.5) is 16.2 Å². The second-order valence-corrected chi connectivity index (χ2v) is 10.2. The molecule has 3 rings (SSSR count). The second kappa shape index (κ2) is 10.5. The summed E-state index contributed by atoms with van der Waals surface area (Å²) in [4.78, 5) is 28.7. The minimum atomic E-state index is -1.10. The molecule has 2 N–H and O–H groups in total. The number of methoxy groups -OCH3 is 1.